The van der Waals surface area contributed by atoms with Crippen molar-refractivity contribution in [2.45, 2.75) is 33.8 Å². The van der Waals surface area contributed by atoms with Crippen LogP contribution < -0.4 is 0 Å². The maximum absolute atomic E-state index is 9.51. The average Bonchev–Trinajstić information content (AvgIpc) is 1.86. The molecule has 0 aromatic rings. The quantitative estimate of drug-likeness (QED) is 0.578. The summed E-state index contributed by atoms with van der Waals surface area (Å²) >= 11 is 0. The molecule has 0 heterocycles. The Morgan fingerprint density at radius 3 is 1.90 bits per heavy atom. The molecule has 0 aromatic carbocycles. The van der Waals surface area contributed by atoms with Crippen LogP contribution in [0.15, 0.2) is 0 Å². The largest absolute Gasteiger partial charge is 0.391 e. The second-order valence-corrected chi connectivity index (χ2v) is 3.55. The van der Waals surface area contributed by atoms with E-state index < -0.39 is 11.5 Å². The van der Waals surface area contributed by atoms with Crippen LogP contribution in [0, 0.1) is 23.7 Å². The Hall–Kier alpha value is -0.480. The van der Waals surface area contributed by atoms with Gasteiger partial charge in [0.15, 0.2) is 0 Å². The van der Waals surface area contributed by atoms with E-state index in [1.54, 1.807) is 0 Å². The summed E-state index contributed by atoms with van der Waals surface area (Å²) in [6, 6.07) is 0. The molecule has 0 radical (unpaired) electrons. The Labute approximate surface area is 63.5 Å². The monoisotopic (exact) mass is 140 g/mol. The number of hydrogen-bond donors (Lipinski definition) is 1. The fraction of sp³-hybridized carbons (Fsp3) is 0.778. The van der Waals surface area contributed by atoms with Crippen molar-refractivity contribution in [2.24, 2.45) is 11.3 Å². The molecule has 0 saturated carbocycles. The smallest absolute Gasteiger partial charge is 0.0723 e. The van der Waals surface area contributed by atoms with Gasteiger partial charge in [-0.1, -0.05) is 19.8 Å². The first-order valence-corrected chi connectivity index (χ1v) is 3.57. The Kier molecular flexibility index (Phi) is 2.93. The zero-order valence-electron chi connectivity index (χ0n) is 7.18. The molecule has 1 atom stereocenters. The average molecular weight is 140 g/mol. The van der Waals surface area contributed by atoms with Crippen LogP contribution >= 0.6 is 0 Å². The third-order valence-corrected chi connectivity index (χ3v) is 1.74. The summed E-state index contributed by atoms with van der Waals surface area (Å²) in [5.41, 5.74) is -0.395. The van der Waals surface area contributed by atoms with E-state index in [9.17, 15) is 5.11 Å². The Morgan fingerprint density at radius 1 is 1.40 bits per heavy atom. The third-order valence-electron chi connectivity index (χ3n) is 1.74. The Morgan fingerprint density at radius 2 is 1.80 bits per heavy atom. The molecular weight excluding hydrogens is 124 g/mol. The lowest BCUT2D eigenvalue weighted by atomic mass is 9.82. The highest BCUT2D eigenvalue weighted by Gasteiger charge is 2.27. The maximum atomic E-state index is 9.51. The highest BCUT2D eigenvalue weighted by molar-refractivity contribution is 5.04. The van der Waals surface area contributed by atoms with E-state index in [0.29, 0.717) is 0 Å². The van der Waals surface area contributed by atoms with Gasteiger partial charge in [-0.05, 0) is 19.8 Å². The van der Waals surface area contributed by atoms with Crippen LogP contribution in [0.4, 0.5) is 0 Å². The van der Waals surface area contributed by atoms with Crippen molar-refractivity contribution in [3.8, 4) is 12.3 Å². The number of aliphatic hydroxyl groups is 1. The third kappa shape index (κ3) is 2.04. The van der Waals surface area contributed by atoms with Gasteiger partial charge in [0.05, 0.1) is 11.5 Å². The van der Waals surface area contributed by atoms with E-state index >= 15 is 0 Å². The zero-order valence-corrected chi connectivity index (χ0v) is 7.18. The van der Waals surface area contributed by atoms with Gasteiger partial charge in [0.1, 0.15) is 0 Å². The van der Waals surface area contributed by atoms with Crippen molar-refractivity contribution in [3.05, 3.63) is 0 Å². The first-order valence-electron chi connectivity index (χ1n) is 3.57. The number of rotatable bonds is 2. The van der Waals surface area contributed by atoms with Gasteiger partial charge < -0.3 is 5.11 Å². The fourth-order valence-corrected chi connectivity index (χ4v) is 0.919. The lowest BCUT2D eigenvalue weighted by Crippen LogP contribution is -2.32. The molecule has 10 heavy (non-hydrogen) atoms. The summed E-state index contributed by atoms with van der Waals surface area (Å²) in [7, 11) is 0. The Balaban J connectivity index is 4.22. The Bertz CT molecular complexity index is 139. The van der Waals surface area contributed by atoms with Crippen molar-refractivity contribution >= 4 is 0 Å². The molecule has 1 unspecified atom stereocenters. The standard InChI is InChI=1S/C9H16O/c1-6-9(4,5)8(10)7(2)3/h1,7-8,10H,2-5H3. The van der Waals surface area contributed by atoms with Gasteiger partial charge in [0, 0.05) is 0 Å². The van der Waals surface area contributed by atoms with Gasteiger partial charge in [-0.2, -0.15) is 0 Å². The van der Waals surface area contributed by atoms with E-state index in [2.05, 4.69) is 5.92 Å². The SMILES string of the molecule is C#CC(C)(C)C(O)C(C)C. The molecule has 0 spiro atoms. The minimum atomic E-state index is -0.405. The molecule has 0 bridgehead atoms. The van der Waals surface area contributed by atoms with Crippen molar-refractivity contribution in [1.82, 2.24) is 0 Å². The van der Waals surface area contributed by atoms with E-state index in [-0.39, 0.29) is 5.92 Å². The second kappa shape index (κ2) is 3.07. The van der Waals surface area contributed by atoms with Crippen molar-refractivity contribution in [2.75, 3.05) is 0 Å². The molecule has 0 aliphatic rings. The lowest BCUT2D eigenvalue weighted by molar-refractivity contribution is 0.0464. The molecule has 58 valence electrons. The summed E-state index contributed by atoms with van der Waals surface area (Å²) in [5, 5.41) is 9.51. The summed E-state index contributed by atoms with van der Waals surface area (Å²) in [6.07, 6.45) is 4.83. The van der Waals surface area contributed by atoms with Crippen LogP contribution in [0.2, 0.25) is 0 Å². The summed E-state index contributed by atoms with van der Waals surface area (Å²) < 4.78 is 0. The first kappa shape index (κ1) is 9.52. The normalized spacial score (nSPS) is 14.9. The van der Waals surface area contributed by atoms with Crippen LogP contribution in [0.5, 0.6) is 0 Å². The van der Waals surface area contributed by atoms with Crippen molar-refractivity contribution < 1.29 is 5.11 Å². The van der Waals surface area contributed by atoms with Gasteiger partial charge in [0.2, 0.25) is 0 Å². The van der Waals surface area contributed by atoms with Gasteiger partial charge in [-0.3, -0.25) is 0 Å². The predicted octanol–water partition coefficient (Wildman–Crippen LogP) is 1.66. The molecular formula is C9H16O. The topological polar surface area (TPSA) is 20.2 Å². The van der Waals surface area contributed by atoms with Crippen LogP contribution in [-0.4, -0.2) is 11.2 Å². The molecule has 0 fully saturated rings. The van der Waals surface area contributed by atoms with Crippen LogP contribution in [0.25, 0.3) is 0 Å². The van der Waals surface area contributed by atoms with Gasteiger partial charge in [0.25, 0.3) is 0 Å². The molecule has 0 rings (SSSR count). The number of aliphatic hydroxyl groups excluding tert-OH is 1. The van der Waals surface area contributed by atoms with E-state index in [1.807, 2.05) is 27.7 Å². The molecule has 0 amide bonds. The van der Waals surface area contributed by atoms with Crippen molar-refractivity contribution in [3.63, 3.8) is 0 Å². The van der Waals surface area contributed by atoms with Gasteiger partial charge in [-0.15, -0.1) is 6.42 Å². The highest BCUT2D eigenvalue weighted by atomic mass is 16.3. The van der Waals surface area contributed by atoms with Gasteiger partial charge >= 0.3 is 0 Å². The fourth-order valence-electron chi connectivity index (χ4n) is 0.919. The molecule has 1 heteroatoms. The first-order chi connectivity index (χ1) is 4.41. The second-order valence-electron chi connectivity index (χ2n) is 3.55. The van der Waals surface area contributed by atoms with E-state index in [1.165, 1.54) is 0 Å². The zero-order chi connectivity index (χ0) is 8.36. The molecule has 0 aliphatic heterocycles. The summed E-state index contributed by atoms with van der Waals surface area (Å²) in [4.78, 5) is 0. The van der Waals surface area contributed by atoms with Crippen LogP contribution in [0.1, 0.15) is 27.7 Å². The molecule has 0 aromatic heterocycles. The molecule has 0 aliphatic carbocycles. The van der Waals surface area contributed by atoms with E-state index in [0.717, 1.165) is 0 Å². The highest BCUT2D eigenvalue weighted by Crippen LogP contribution is 2.24. The summed E-state index contributed by atoms with van der Waals surface area (Å²) in [6.45, 7) is 7.67. The van der Waals surface area contributed by atoms with Crippen LogP contribution in [-0.2, 0) is 0 Å². The minimum absolute atomic E-state index is 0.228. The summed E-state index contributed by atoms with van der Waals surface area (Å²) in [5.74, 6) is 2.80. The number of hydrogen-bond acceptors (Lipinski definition) is 1. The number of terminal acetylenes is 1. The lowest BCUT2D eigenvalue weighted by Gasteiger charge is -2.27. The molecule has 1 N–H and O–H groups in total. The molecule has 0 saturated heterocycles. The predicted molar refractivity (Wildman–Crippen MR) is 43.5 cm³/mol. The minimum Gasteiger partial charge on any atom is -0.391 e. The van der Waals surface area contributed by atoms with Crippen LogP contribution in [0.3, 0.4) is 0 Å². The van der Waals surface area contributed by atoms with Crippen molar-refractivity contribution in [1.29, 1.82) is 0 Å². The van der Waals surface area contributed by atoms with Gasteiger partial charge in [-0.25, -0.2) is 0 Å². The molecule has 1 nitrogen and oxygen atoms in total. The van der Waals surface area contributed by atoms with E-state index in [4.69, 9.17) is 6.42 Å². The maximum Gasteiger partial charge on any atom is 0.0723 e.